The van der Waals surface area contributed by atoms with E-state index in [1.807, 2.05) is 0 Å². The second-order valence-corrected chi connectivity index (χ2v) is 3.35. The average Bonchev–Trinajstić information content (AvgIpc) is 2.04. The van der Waals surface area contributed by atoms with Crippen LogP contribution < -0.4 is 5.32 Å². The lowest BCUT2D eigenvalue weighted by molar-refractivity contribution is 0.595. The lowest BCUT2D eigenvalue weighted by Gasteiger charge is -2.22. The summed E-state index contributed by atoms with van der Waals surface area (Å²) in [6.07, 6.45) is 1.23. The molecule has 1 heterocycles. The summed E-state index contributed by atoms with van der Waals surface area (Å²) < 4.78 is 0. The maximum absolute atomic E-state index is 3.41. The molecule has 1 N–H and O–H groups in total. The zero-order chi connectivity index (χ0) is 7.68. The summed E-state index contributed by atoms with van der Waals surface area (Å²) in [4.78, 5) is 0. The summed E-state index contributed by atoms with van der Waals surface area (Å²) in [6, 6.07) is 8.56. The Kier molecular flexibility index (Phi) is 2.99. The number of para-hydroxylation sites is 1. The summed E-state index contributed by atoms with van der Waals surface area (Å²) in [5.41, 5.74) is 2.79. The minimum absolute atomic E-state index is 0. The van der Waals surface area contributed by atoms with Crippen LogP contribution in [-0.4, -0.2) is 6.54 Å². The van der Waals surface area contributed by atoms with E-state index >= 15 is 0 Å². The van der Waals surface area contributed by atoms with Gasteiger partial charge in [0.25, 0.3) is 0 Å². The number of anilines is 1. The molecule has 2 heteroatoms. The van der Waals surface area contributed by atoms with Gasteiger partial charge in [-0.15, -0.1) is 12.4 Å². The maximum atomic E-state index is 3.41. The summed E-state index contributed by atoms with van der Waals surface area (Å²) in [5.74, 6) is 0.782. The van der Waals surface area contributed by atoms with Crippen LogP contribution in [0.25, 0.3) is 0 Å². The van der Waals surface area contributed by atoms with Gasteiger partial charge in [-0.25, -0.2) is 0 Å². The molecule has 1 aromatic carbocycles. The largest absolute Gasteiger partial charge is 0.385 e. The molecule has 0 spiro atoms. The molecule has 0 amide bonds. The van der Waals surface area contributed by atoms with Gasteiger partial charge in [0.2, 0.25) is 0 Å². The van der Waals surface area contributed by atoms with E-state index < -0.39 is 0 Å². The predicted molar refractivity (Wildman–Crippen MR) is 55.0 cm³/mol. The molecule has 0 aromatic heterocycles. The highest BCUT2D eigenvalue weighted by atomic mass is 35.5. The standard InChI is InChI=1S/C10H13N.ClH/c1-8-6-9-4-2-3-5-10(9)11-7-8;/h2-5,8,11H,6-7H2,1H3;1H. The molecular formula is C10H14ClN. The molecule has 0 saturated carbocycles. The quantitative estimate of drug-likeness (QED) is 0.652. The van der Waals surface area contributed by atoms with Gasteiger partial charge < -0.3 is 5.32 Å². The molecule has 0 bridgehead atoms. The number of halogens is 1. The first-order valence-corrected chi connectivity index (χ1v) is 4.18. The summed E-state index contributed by atoms with van der Waals surface area (Å²) >= 11 is 0. The van der Waals surface area contributed by atoms with E-state index in [2.05, 4.69) is 36.5 Å². The van der Waals surface area contributed by atoms with Crippen molar-refractivity contribution in [1.82, 2.24) is 0 Å². The molecule has 12 heavy (non-hydrogen) atoms. The van der Waals surface area contributed by atoms with E-state index in [1.165, 1.54) is 17.7 Å². The number of hydrogen-bond acceptors (Lipinski definition) is 1. The number of fused-ring (bicyclic) bond motifs is 1. The summed E-state index contributed by atoms with van der Waals surface area (Å²) in [7, 11) is 0. The van der Waals surface area contributed by atoms with Crippen molar-refractivity contribution in [2.75, 3.05) is 11.9 Å². The molecule has 1 aliphatic rings. The molecule has 0 radical (unpaired) electrons. The number of nitrogens with one attached hydrogen (secondary N) is 1. The molecule has 1 nitrogen and oxygen atoms in total. The molecule has 1 atom stereocenters. The van der Waals surface area contributed by atoms with Crippen LogP contribution in [0.5, 0.6) is 0 Å². The van der Waals surface area contributed by atoms with Gasteiger partial charge >= 0.3 is 0 Å². The zero-order valence-electron chi connectivity index (χ0n) is 7.21. The predicted octanol–water partition coefficient (Wildman–Crippen LogP) is 2.71. The molecule has 1 aliphatic heterocycles. The lowest BCUT2D eigenvalue weighted by atomic mass is 9.96. The van der Waals surface area contributed by atoms with Crippen LogP contribution in [-0.2, 0) is 6.42 Å². The number of benzene rings is 1. The Morgan fingerprint density at radius 2 is 2.08 bits per heavy atom. The van der Waals surface area contributed by atoms with E-state index in [-0.39, 0.29) is 12.4 Å². The fourth-order valence-corrected chi connectivity index (χ4v) is 1.60. The van der Waals surface area contributed by atoms with Crippen LogP contribution in [0.2, 0.25) is 0 Å². The van der Waals surface area contributed by atoms with Gasteiger partial charge in [-0.1, -0.05) is 25.1 Å². The molecule has 2 rings (SSSR count). The van der Waals surface area contributed by atoms with Crippen molar-refractivity contribution >= 4 is 18.1 Å². The van der Waals surface area contributed by atoms with Crippen molar-refractivity contribution < 1.29 is 0 Å². The Balaban J connectivity index is 0.000000720. The first-order chi connectivity index (χ1) is 5.36. The van der Waals surface area contributed by atoms with Gasteiger partial charge in [0, 0.05) is 12.2 Å². The van der Waals surface area contributed by atoms with Crippen molar-refractivity contribution in [3.05, 3.63) is 29.8 Å². The van der Waals surface area contributed by atoms with E-state index in [0.717, 1.165) is 12.5 Å². The van der Waals surface area contributed by atoms with Gasteiger partial charge in [-0.05, 0) is 24.0 Å². The van der Waals surface area contributed by atoms with Gasteiger partial charge in [-0.2, -0.15) is 0 Å². The van der Waals surface area contributed by atoms with Crippen molar-refractivity contribution in [3.63, 3.8) is 0 Å². The van der Waals surface area contributed by atoms with Crippen LogP contribution in [0.4, 0.5) is 5.69 Å². The van der Waals surface area contributed by atoms with E-state index in [4.69, 9.17) is 0 Å². The minimum atomic E-state index is 0. The summed E-state index contributed by atoms with van der Waals surface area (Å²) in [5, 5.41) is 3.41. The second kappa shape index (κ2) is 3.81. The normalized spacial score (nSPS) is 20.2. The highest BCUT2D eigenvalue weighted by molar-refractivity contribution is 5.85. The van der Waals surface area contributed by atoms with Gasteiger partial charge in [0.1, 0.15) is 0 Å². The molecule has 66 valence electrons. The van der Waals surface area contributed by atoms with Crippen molar-refractivity contribution in [2.45, 2.75) is 13.3 Å². The molecule has 0 aliphatic carbocycles. The fraction of sp³-hybridized carbons (Fsp3) is 0.400. The molecule has 0 fully saturated rings. The van der Waals surface area contributed by atoms with Crippen molar-refractivity contribution in [2.24, 2.45) is 5.92 Å². The second-order valence-electron chi connectivity index (χ2n) is 3.35. The fourth-order valence-electron chi connectivity index (χ4n) is 1.60. The van der Waals surface area contributed by atoms with Crippen LogP contribution in [0.3, 0.4) is 0 Å². The smallest absolute Gasteiger partial charge is 0.0372 e. The number of rotatable bonds is 0. The average molecular weight is 184 g/mol. The Bertz CT molecular complexity index is 260. The monoisotopic (exact) mass is 183 g/mol. The number of hydrogen-bond donors (Lipinski definition) is 1. The first-order valence-electron chi connectivity index (χ1n) is 4.18. The van der Waals surface area contributed by atoms with Crippen LogP contribution in [0, 0.1) is 5.92 Å². The van der Waals surface area contributed by atoms with Gasteiger partial charge in [0.15, 0.2) is 0 Å². The maximum Gasteiger partial charge on any atom is 0.0372 e. The molecule has 1 unspecified atom stereocenters. The highest BCUT2D eigenvalue weighted by Crippen LogP contribution is 2.23. The molecular weight excluding hydrogens is 170 g/mol. The van der Waals surface area contributed by atoms with Crippen LogP contribution >= 0.6 is 12.4 Å². The Morgan fingerprint density at radius 3 is 2.92 bits per heavy atom. The molecule has 0 saturated heterocycles. The van der Waals surface area contributed by atoms with Crippen molar-refractivity contribution in [3.8, 4) is 0 Å². The summed E-state index contributed by atoms with van der Waals surface area (Å²) in [6.45, 7) is 3.40. The lowest BCUT2D eigenvalue weighted by Crippen LogP contribution is -2.20. The first kappa shape index (κ1) is 9.40. The van der Waals surface area contributed by atoms with E-state index in [1.54, 1.807) is 0 Å². The minimum Gasteiger partial charge on any atom is -0.385 e. The SMILES string of the molecule is CC1CNc2ccccc2C1.Cl. The van der Waals surface area contributed by atoms with Gasteiger partial charge in [-0.3, -0.25) is 0 Å². The van der Waals surface area contributed by atoms with E-state index in [9.17, 15) is 0 Å². The van der Waals surface area contributed by atoms with Crippen molar-refractivity contribution in [1.29, 1.82) is 0 Å². The zero-order valence-corrected chi connectivity index (χ0v) is 8.03. The Morgan fingerprint density at radius 1 is 1.33 bits per heavy atom. The van der Waals surface area contributed by atoms with Crippen LogP contribution in [0.15, 0.2) is 24.3 Å². The van der Waals surface area contributed by atoms with E-state index in [0.29, 0.717) is 0 Å². The topological polar surface area (TPSA) is 12.0 Å². The van der Waals surface area contributed by atoms with Crippen LogP contribution in [0.1, 0.15) is 12.5 Å². The highest BCUT2D eigenvalue weighted by Gasteiger charge is 2.12. The van der Waals surface area contributed by atoms with Gasteiger partial charge in [0.05, 0.1) is 0 Å². The third-order valence-electron chi connectivity index (χ3n) is 2.23. The third kappa shape index (κ3) is 1.72. The third-order valence-corrected chi connectivity index (χ3v) is 2.23. The Labute approximate surface area is 79.6 Å². The molecule has 1 aromatic rings. The Hall–Kier alpha value is -0.690.